The van der Waals surface area contributed by atoms with Gasteiger partial charge in [0.05, 0.1) is 10.6 Å². The van der Waals surface area contributed by atoms with Gasteiger partial charge in [-0.2, -0.15) is 0 Å². The zero-order chi connectivity index (χ0) is 23.4. The number of aromatic hydroxyl groups is 1. The highest BCUT2D eigenvalue weighted by atomic mass is 16.6. The van der Waals surface area contributed by atoms with Gasteiger partial charge in [-0.3, -0.25) is 19.8 Å². The highest BCUT2D eigenvalue weighted by Crippen LogP contribution is 2.31. The van der Waals surface area contributed by atoms with Crippen LogP contribution in [0.1, 0.15) is 17.2 Å². The first kappa shape index (κ1) is 22.3. The summed E-state index contributed by atoms with van der Waals surface area (Å²) < 4.78 is 0. The third kappa shape index (κ3) is 4.96. The minimum atomic E-state index is -0.598. The Morgan fingerprint density at radius 1 is 1.00 bits per heavy atom. The SMILES string of the molecule is Cc1ccc(NC(=O)C(c2ccccc2)N2CCN(c3ccccc3O)CC2)c([N+](=O)[O-])c1. The van der Waals surface area contributed by atoms with Crippen molar-refractivity contribution in [3.8, 4) is 5.75 Å². The van der Waals surface area contributed by atoms with Crippen molar-refractivity contribution >= 4 is 23.0 Å². The molecule has 2 N–H and O–H groups in total. The Morgan fingerprint density at radius 2 is 1.67 bits per heavy atom. The van der Waals surface area contributed by atoms with Crippen LogP contribution >= 0.6 is 0 Å². The van der Waals surface area contributed by atoms with E-state index in [4.69, 9.17) is 0 Å². The molecule has 1 aliphatic heterocycles. The number of benzene rings is 3. The number of hydrogen-bond acceptors (Lipinski definition) is 6. The van der Waals surface area contributed by atoms with Gasteiger partial charge in [0.1, 0.15) is 17.5 Å². The average Bonchev–Trinajstić information content (AvgIpc) is 2.82. The number of aryl methyl sites for hydroxylation is 1. The predicted molar refractivity (Wildman–Crippen MR) is 128 cm³/mol. The summed E-state index contributed by atoms with van der Waals surface area (Å²) in [4.78, 5) is 28.6. The fourth-order valence-electron chi connectivity index (χ4n) is 4.22. The number of carbonyl (C=O) groups is 1. The summed E-state index contributed by atoms with van der Waals surface area (Å²) in [6, 6.07) is 20.8. The van der Waals surface area contributed by atoms with Gasteiger partial charge in [0.2, 0.25) is 5.91 Å². The van der Waals surface area contributed by atoms with Gasteiger partial charge >= 0.3 is 0 Å². The maximum atomic E-state index is 13.4. The lowest BCUT2D eigenvalue weighted by Gasteiger charge is -2.39. The highest BCUT2D eigenvalue weighted by Gasteiger charge is 2.32. The van der Waals surface area contributed by atoms with Crippen molar-refractivity contribution in [3.05, 3.63) is 94.0 Å². The number of para-hydroxylation sites is 2. The second kappa shape index (κ2) is 9.70. The van der Waals surface area contributed by atoms with Crippen LogP contribution in [0, 0.1) is 17.0 Å². The molecule has 0 spiro atoms. The zero-order valence-corrected chi connectivity index (χ0v) is 18.3. The van der Waals surface area contributed by atoms with Crippen molar-refractivity contribution < 1.29 is 14.8 Å². The van der Waals surface area contributed by atoms with Gasteiger partial charge in [0.25, 0.3) is 5.69 Å². The summed E-state index contributed by atoms with van der Waals surface area (Å²) in [5.41, 5.74) is 2.40. The van der Waals surface area contributed by atoms with E-state index in [-0.39, 0.29) is 23.0 Å². The Bertz CT molecular complexity index is 1140. The molecule has 1 aliphatic rings. The van der Waals surface area contributed by atoms with E-state index in [1.807, 2.05) is 42.5 Å². The van der Waals surface area contributed by atoms with Crippen LogP contribution in [-0.4, -0.2) is 47.0 Å². The smallest absolute Gasteiger partial charge is 0.293 e. The van der Waals surface area contributed by atoms with E-state index in [2.05, 4.69) is 15.1 Å². The van der Waals surface area contributed by atoms with Crippen LogP contribution in [0.25, 0.3) is 0 Å². The van der Waals surface area contributed by atoms with Gasteiger partial charge in [-0.15, -0.1) is 0 Å². The summed E-state index contributed by atoms with van der Waals surface area (Å²) in [6.45, 7) is 4.24. The Labute approximate surface area is 192 Å². The number of rotatable bonds is 6. The normalized spacial score (nSPS) is 15.1. The molecule has 170 valence electrons. The molecule has 0 radical (unpaired) electrons. The molecule has 8 nitrogen and oxygen atoms in total. The Morgan fingerprint density at radius 3 is 2.33 bits per heavy atom. The number of amides is 1. The zero-order valence-electron chi connectivity index (χ0n) is 18.3. The topological polar surface area (TPSA) is 99.0 Å². The lowest BCUT2D eigenvalue weighted by Crippen LogP contribution is -2.50. The third-order valence-corrected chi connectivity index (χ3v) is 5.87. The fraction of sp³-hybridized carbons (Fsp3) is 0.240. The summed E-state index contributed by atoms with van der Waals surface area (Å²) in [5, 5.41) is 24.5. The maximum absolute atomic E-state index is 13.4. The van der Waals surface area contributed by atoms with Gasteiger partial charge < -0.3 is 15.3 Å². The second-order valence-electron chi connectivity index (χ2n) is 8.09. The number of carbonyl (C=O) groups excluding carboxylic acids is 1. The molecule has 8 heteroatoms. The number of phenols is 1. The minimum Gasteiger partial charge on any atom is -0.506 e. The number of nitrogens with zero attached hydrogens (tertiary/aromatic N) is 3. The molecule has 0 aliphatic carbocycles. The first-order valence-corrected chi connectivity index (χ1v) is 10.8. The van der Waals surface area contributed by atoms with Crippen molar-refractivity contribution in [3.63, 3.8) is 0 Å². The molecule has 1 atom stereocenters. The first-order valence-electron chi connectivity index (χ1n) is 10.8. The molecule has 4 rings (SSSR count). The molecule has 1 heterocycles. The monoisotopic (exact) mass is 446 g/mol. The van der Waals surface area contributed by atoms with E-state index >= 15 is 0 Å². The number of piperazine rings is 1. The molecule has 0 bridgehead atoms. The van der Waals surface area contributed by atoms with Crippen LogP contribution in [-0.2, 0) is 4.79 Å². The maximum Gasteiger partial charge on any atom is 0.293 e. The number of hydrogen-bond donors (Lipinski definition) is 2. The number of nitro groups is 1. The largest absolute Gasteiger partial charge is 0.506 e. The van der Waals surface area contributed by atoms with E-state index in [1.54, 1.807) is 31.2 Å². The van der Waals surface area contributed by atoms with Crippen LogP contribution in [0.15, 0.2) is 72.8 Å². The second-order valence-corrected chi connectivity index (χ2v) is 8.09. The molecule has 0 saturated carbocycles. The standard InChI is InChI=1S/C25H26N4O4/c1-18-11-12-20(22(17-18)29(32)33)26-25(31)24(19-7-3-2-4-8-19)28-15-13-27(14-16-28)21-9-5-6-10-23(21)30/h2-12,17,24,30H,13-16H2,1H3,(H,26,31). The van der Waals surface area contributed by atoms with Crippen LogP contribution in [0.5, 0.6) is 5.75 Å². The summed E-state index contributed by atoms with van der Waals surface area (Å²) in [5.74, 6) is -0.0841. The number of nitrogens with one attached hydrogen (secondary N) is 1. The van der Waals surface area contributed by atoms with Crippen LogP contribution < -0.4 is 10.2 Å². The van der Waals surface area contributed by atoms with E-state index in [0.717, 1.165) is 16.8 Å². The molecular formula is C25H26N4O4. The van der Waals surface area contributed by atoms with E-state index in [0.29, 0.717) is 26.2 Å². The molecule has 1 amide bonds. The summed E-state index contributed by atoms with van der Waals surface area (Å²) in [7, 11) is 0. The van der Waals surface area contributed by atoms with Gasteiger partial charge in [-0.05, 0) is 36.2 Å². The van der Waals surface area contributed by atoms with Crippen molar-refractivity contribution in [1.29, 1.82) is 0 Å². The lowest BCUT2D eigenvalue weighted by molar-refractivity contribution is -0.384. The van der Waals surface area contributed by atoms with Crippen LogP contribution in [0.2, 0.25) is 0 Å². The molecule has 1 fully saturated rings. The molecular weight excluding hydrogens is 420 g/mol. The van der Waals surface area contributed by atoms with Gasteiger partial charge in [0, 0.05) is 32.2 Å². The number of phenolic OH excluding ortho intramolecular Hbond substituents is 1. The molecule has 33 heavy (non-hydrogen) atoms. The Balaban J connectivity index is 1.57. The molecule has 1 saturated heterocycles. The van der Waals surface area contributed by atoms with Gasteiger partial charge in [-0.1, -0.05) is 48.5 Å². The van der Waals surface area contributed by atoms with Gasteiger partial charge in [0.15, 0.2) is 0 Å². The van der Waals surface area contributed by atoms with E-state index in [1.165, 1.54) is 6.07 Å². The van der Waals surface area contributed by atoms with Crippen molar-refractivity contribution in [2.75, 3.05) is 36.4 Å². The van der Waals surface area contributed by atoms with Gasteiger partial charge in [-0.25, -0.2) is 0 Å². The number of nitro benzene ring substituents is 1. The Kier molecular flexibility index (Phi) is 6.55. The molecule has 1 unspecified atom stereocenters. The highest BCUT2D eigenvalue weighted by molar-refractivity contribution is 5.97. The number of anilines is 2. The van der Waals surface area contributed by atoms with Crippen LogP contribution in [0.3, 0.4) is 0 Å². The first-order chi connectivity index (χ1) is 15.9. The van der Waals surface area contributed by atoms with Crippen molar-refractivity contribution in [2.45, 2.75) is 13.0 Å². The predicted octanol–water partition coefficient (Wildman–Crippen LogP) is 4.11. The molecule has 3 aromatic rings. The van der Waals surface area contributed by atoms with Crippen LogP contribution in [0.4, 0.5) is 17.1 Å². The average molecular weight is 447 g/mol. The Hall–Kier alpha value is -3.91. The summed E-state index contributed by atoms with van der Waals surface area (Å²) in [6.07, 6.45) is 0. The van der Waals surface area contributed by atoms with E-state index < -0.39 is 11.0 Å². The summed E-state index contributed by atoms with van der Waals surface area (Å²) >= 11 is 0. The van der Waals surface area contributed by atoms with Crippen molar-refractivity contribution in [1.82, 2.24) is 4.90 Å². The molecule has 0 aromatic heterocycles. The minimum absolute atomic E-state index is 0.125. The quantitative estimate of drug-likeness (QED) is 0.437. The lowest BCUT2D eigenvalue weighted by atomic mass is 10.0. The molecule has 3 aromatic carbocycles. The third-order valence-electron chi connectivity index (χ3n) is 5.87. The fourth-order valence-corrected chi connectivity index (χ4v) is 4.22. The van der Waals surface area contributed by atoms with E-state index in [9.17, 15) is 20.0 Å². The van der Waals surface area contributed by atoms with Crippen molar-refractivity contribution in [2.24, 2.45) is 0 Å².